The van der Waals surface area contributed by atoms with Gasteiger partial charge in [0.2, 0.25) is 0 Å². The lowest BCUT2D eigenvalue weighted by atomic mass is 10.2. The molecule has 0 spiro atoms. The van der Waals surface area contributed by atoms with Gasteiger partial charge in [0.05, 0.1) is 19.3 Å². The van der Waals surface area contributed by atoms with E-state index in [9.17, 15) is 5.11 Å². The smallest absolute Gasteiger partial charge is 0.140 e. The maximum atomic E-state index is 9.45. The highest BCUT2D eigenvalue weighted by molar-refractivity contribution is 4.83. The van der Waals surface area contributed by atoms with Crippen molar-refractivity contribution in [3.05, 3.63) is 12.2 Å². The number of hydrogen-bond donors (Lipinski definition) is 2. The zero-order valence-corrected chi connectivity index (χ0v) is 10.6. The third kappa shape index (κ3) is 5.25. The van der Waals surface area contributed by atoms with Gasteiger partial charge in [-0.2, -0.15) is 5.10 Å². The van der Waals surface area contributed by atoms with Crippen LogP contribution in [0.25, 0.3) is 0 Å². The van der Waals surface area contributed by atoms with Crippen molar-refractivity contribution in [2.45, 2.75) is 39.0 Å². The first-order valence-electron chi connectivity index (χ1n) is 6.02. The molecule has 6 heteroatoms. The first-order valence-corrected chi connectivity index (χ1v) is 6.02. The van der Waals surface area contributed by atoms with Crippen LogP contribution < -0.4 is 5.32 Å². The van der Waals surface area contributed by atoms with Gasteiger partial charge in [-0.1, -0.05) is 6.92 Å². The Bertz CT molecular complexity index is 303. The summed E-state index contributed by atoms with van der Waals surface area (Å²) in [5, 5.41) is 16.8. The van der Waals surface area contributed by atoms with Gasteiger partial charge in [0, 0.05) is 13.7 Å². The van der Waals surface area contributed by atoms with Crippen molar-refractivity contribution in [1.29, 1.82) is 0 Å². The highest BCUT2D eigenvalue weighted by Crippen LogP contribution is 1.96. The largest absolute Gasteiger partial charge is 0.391 e. The molecular formula is C11H22N4O2. The number of nitrogens with one attached hydrogen (secondary N) is 1. The molecule has 0 bridgehead atoms. The summed E-state index contributed by atoms with van der Waals surface area (Å²) in [7, 11) is 1.59. The lowest BCUT2D eigenvalue weighted by molar-refractivity contribution is 0.0593. The van der Waals surface area contributed by atoms with Crippen LogP contribution in [0.3, 0.4) is 0 Å². The molecule has 98 valence electrons. The van der Waals surface area contributed by atoms with Crippen molar-refractivity contribution in [1.82, 2.24) is 20.1 Å². The van der Waals surface area contributed by atoms with Crippen molar-refractivity contribution in [2.24, 2.45) is 0 Å². The molecule has 0 radical (unpaired) electrons. The second kappa shape index (κ2) is 8.16. The average Bonchev–Trinajstić information content (AvgIpc) is 2.73. The van der Waals surface area contributed by atoms with Crippen LogP contribution in [-0.4, -0.2) is 46.2 Å². The molecule has 0 aromatic carbocycles. The van der Waals surface area contributed by atoms with Crippen LogP contribution in [-0.2, 0) is 17.8 Å². The highest BCUT2D eigenvalue weighted by Gasteiger charge is 2.05. The Morgan fingerprint density at radius 2 is 2.41 bits per heavy atom. The van der Waals surface area contributed by atoms with Gasteiger partial charge in [0.25, 0.3) is 0 Å². The van der Waals surface area contributed by atoms with Gasteiger partial charge >= 0.3 is 0 Å². The topological polar surface area (TPSA) is 72.2 Å². The Balaban J connectivity index is 2.19. The van der Waals surface area contributed by atoms with Gasteiger partial charge in [0.1, 0.15) is 12.2 Å². The fraction of sp³-hybridized carbons (Fsp3) is 0.818. The lowest BCUT2D eigenvalue weighted by Crippen LogP contribution is -2.24. The van der Waals surface area contributed by atoms with Crippen molar-refractivity contribution >= 4 is 0 Å². The average molecular weight is 242 g/mol. The van der Waals surface area contributed by atoms with Gasteiger partial charge in [-0.05, 0) is 19.4 Å². The zero-order valence-electron chi connectivity index (χ0n) is 10.6. The van der Waals surface area contributed by atoms with Crippen LogP contribution in [0.15, 0.2) is 6.33 Å². The third-order valence-electron chi connectivity index (χ3n) is 2.43. The fourth-order valence-electron chi connectivity index (χ4n) is 1.57. The maximum absolute atomic E-state index is 9.45. The Morgan fingerprint density at radius 3 is 3.12 bits per heavy atom. The molecule has 1 heterocycles. The molecule has 1 unspecified atom stereocenters. The van der Waals surface area contributed by atoms with E-state index in [2.05, 4.69) is 22.3 Å². The van der Waals surface area contributed by atoms with E-state index in [1.807, 2.05) is 4.68 Å². The summed E-state index contributed by atoms with van der Waals surface area (Å²) >= 11 is 0. The van der Waals surface area contributed by atoms with Crippen molar-refractivity contribution < 1.29 is 9.84 Å². The number of rotatable bonds is 9. The van der Waals surface area contributed by atoms with E-state index in [4.69, 9.17) is 4.74 Å². The minimum Gasteiger partial charge on any atom is -0.391 e. The van der Waals surface area contributed by atoms with Crippen LogP contribution in [0.5, 0.6) is 0 Å². The molecule has 17 heavy (non-hydrogen) atoms. The molecule has 1 rings (SSSR count). The van der Waals surface area contributed by atoms with E-state index in [1.54, 1.807) is 13.4 Å². The molecule has 0 fully saturated rings. The standard InChI is InChI=1S/C11H22N4O2/c1-3-6-15-11(13-9-14-15)7-12-5-4-10(16)8-17-2/h9-10,12,16H,3-8H2,1-2H3. The molecule has 1 aromatic heterocycles. The van der Waals surface area contributed by atoms with E-state index in [0.29, 0.717) is 19.6 Å². The summed E-state index contributed by atoms with van der Waals surface area (Å²) in [5.41, 5.74) is 0. The SMILES string of the molecule is CCCn1ncnc1CNCCC(O)COC. The summed E-state index contributed by atoms with van der Waals surface area (Å²) < 4.78 is 6.75. The van der Waals surface area contributed by atoms with Gasteiger partial charge in [-0.3, -0.25) is 0 Å². The van der Waals surface area contributed by atoms with E-state index in [0.717, 1.165) is 25.3 Å². The van der Waals surface area contributed by atoms with Crippen molar-refractivity contribution in [2.75, 3.05) is 20.3 Å². The Morgan fingerprint density at radius 1 is 1.59 bits per heavy atom. The van der Waals surface area contributed by atoms with Gasteiger partial charge in [-0.15, -0.1) is 0 Å². The number of hydrogen-bond acceptors (Lipinski definition) is 5. The Kier molecular flexibility index (Phi) is 6.76. The summed E-state index contributed by atoms with van der Waals surface area (Å²) in [4.78, 5) is 4.19. The van der Waals surface area contributed by atoms with Crippen molar-refractivity contribution in [3.8, 4) is 0 Å². The van der Waals surface area contributed by atoms with Gasteiger partial charge < -0.3 is 15.2 Å². The number of aliphatic hydroxyl groups excluding tert-OH is 1. The molecule has 0 aliphatic heterocycles. The third-order valence-corrected chi connectivity index (χ3v) is 2.43. The number of aromatic nitrogens is 3. The van der Waals surface area contributed by atoms with E-state index in [1.165, 1.54) is 0 Å². The number of ether oxygens (including phenoxy) is 1. The Labute approximate surface area is 102 Å². The molecular weight excluding hydrogens is 220 g/mol. The minimum atomic E-state index is -0.402. The van der Waals surface area contributed by atoms with Crippen LogP contribution in [0.1, 0.15) is 25.6 Å². The maximum Gasteiger partial charge on any atom is 0.140 e. The van der Waals surface area contributed by atoms with Crippen molar-refractivity contribution in [3.63, 3.8) is 0 Å². The summed E-state index contributed by atoms with van der Waals surface area (Å²) in [6.45, 7) is 4.81. The second-order valence-corrected chi connectivity index (χ2v) is 3.97. The molecule has 0 saturated carbocycles. The van der Waals surface area contributed by atoms with Gasteiger partial charge in [-0.25, -0.2) is 9.67 Å². The summed E-state index contributed by atoms with van der Waals surface area (Å²) in [5.74, 6) is 0.938. The van der Waals surface area contributed by atoms with E-state index < -0.39 is 6.10 Å². The first-order chi connectivity index (χ1) is 8.27. The molecule has 6 nitrogen and oxygen atoms in total. The summed E-state index contributed by atoms with van der Waals surface area (Å²) in [6, 6.07) is 0. The molecule has 0 aliphatic rings. The van der Waals surface area contributed by atoms with Crippen LogP contribution in [0.2, 0.25) is 0 Å². The van der Waals surface area contributed by atoms with Gasteiger partial charge in [0.15, 0.2) is 0 Å². The fourth-order valence-corrected chi connectivity index (χ4v) is 1.57. The highest BCUT2D eigenvalue weighted by atomic mass is 16.5. The quantitative estimate of drug-likeness (QED) is 0.604. The van der Waals surface area contributed by atoms with Crippen LogP contribution in [0.4, 0.5) is 0 Å². The lowest BCUT2D eigenvalue weighted by Gasteiger charge is -2.10. The first kappa shape index (κ1) is 14.1. The van der Waals surface area contributed by atoms with E-state index >= 15 is 0 Å². The zero-order chi connectivity index (χ0) is 12.5. The molecule has 2 N–H and O–H groups in total. The number of aliphatic hydroxyl groups is 1. The van der Waals surface area contributed by atoms with Crippen LogP contribution in [0, 0.1) is 0 Å². The molecule has 0 saturated heterocycles. The van der Waals surface area contributed by atoms with E-state index in [-0.39, 0.29) is 0 Å². The summed E-state index contributed by atoms with van der Waals surface area (Å²) in [6.07, 6.45) is 2.89. The molecule has 1 atom stereocenters. The minimum absolute atomic E-state index is 0.383. The number of methoxy groups -OCH3 is 1. The normalized spacial score (nSPS) is 12.9. The second-order valence-electron chi connectivity index (χ2n) is 3.97. The monoisotopic (exact) mass is 242 g/mol. The molecule has 0 amide bonds. The Hall–Kier alpha value is -0.980. The number of nitrogens with zero attached hydrogens (tertiary/aromatic N) is 3. The predicted molar refractivity (Wildman–Crippen MR) is 64.5 cm³/mol. The predicted octanol–water partition coefficient (Wildman–Crippen LogP) is 0.175. The molecule has 1 aromatic rings. The van der Waals surface area contributed by atoms with Crippen LogP contribution >= 0.6 is 0 Å². The number of aryl methyl sites for hydroxylation is 1. The molecule has 0 aliphatic carbocycles.